The number of aryl methyl sites for hydroxylation is 2. The summed E-state index contributed by atoms with van der Waals surface area (Å²) in [4.78, 5) is 57.1. The standard InChI is InChI=1S/C58H62N2O10/c1-33-25-42(26-34(2)52(33)63)67-41-17-20-46-51(32-41)68-50-31-40(61)16-19-45(50)58(46)47-29-36(12-18-43(47)55(66)70-58)48(62)27-35-9-13-38(14-10-35)59-53(64)44-28-37-11-15-39(30-49(37)69-54(44)65)60(23-21-56(3,4)5)24-22-57(6,7)8/h11-12,15-20,25-26,28-32,35,38,61,63H,9-10,13-14,21-24,27H2,1-8H3,(H,59,64). The number of carbonyl (C=O) groups excluding carboxylic acids is 3. The Kier molecular flexibility index (Phi) is 12.6. The molecule has 3 aliphatic rings. The number of phenols is 2. The number of benzene rings is 5. The van der Waals surface area contributed by atoms with Crippen LogP contribution < -0.4 is 25.3 Å². The molecular formula is C58H62N2O10. The van der Waals surface area contributed by atoms with E-state index in [1.807, 2.05) is 18.2 Å². The van der Waals surface area contributed by atoms with E-state index in [-0.39, 0.29) is 57.8 Å². The number of hydrogen-bond donors (Lipinski definition) is 3. The lowest BCUT2D eigenvalue weighted by Crippen LogP contribution is -2.39. The van der Waals surface area contributed by atoms with Gasteiger partial charge in [0.05, 0.1) is 5.56 Å². The maximum Gasteiger partial charge on any atom is 0.349 e. The summed E-state index contributed by atoms with van der Waals surface area (Å²) in [6, 6.07) is 25.6. The Hall–Kier alpha value is -7.08. The molecule has 3 heterocycles. The van der Waals surface area contributed by atoms with E-state index in [1.54, 1.807) is 74.5 Å². The molecule has 5 aromatic carbocycles. The van der Waals surface area contributed by atoms with Gasteiger partial charge in [-0.25, -0.2) is 9.59 Å². The number of rotatable bonds is 12. The number of carbonyl (C=O) groups is 3. The van der Waals surface area contributed by atoms with Crippen LogP contribution in [0.25, 0.3) is 11.0 Å². The van der Waals surface area contributed by atoms with E-state index in [9.17, 15) is 29.4 Å². The minimum atomic E-state index is -1.50. The van der Waals surface area contributed by atoms with Crippen LogP contribution in [0.3, 0.4) is 0 Å². The van der Waals surface area contributed by atoms with Crippen LogP contribution in [-0.4, -0.2) is 47.0 Å². The van der Waals surface area contributed by atoms with Crippen molar-refractivity contribution in [3.63, 3.8) is 0 Å². The van der Waals surface area contributed by atoms with Crippen LogP contribution in [0.1, 0.15) is 145 Å². The van der Waals surface area contributed by atoms with Gasteiger partial charge in [-0.3, -0.25) is 9.59 Å². The summed E-state index contributed by atoms with van der Waals surface area (Å²) in [5.41, 5.74) is 3.09. The number of amides is 1. The van der Waals surface area contributed by atoms with Gasteiger partial charge < -0.3 is 39.1 Å². The fraction of sp³-hybridized carbons (Fsp3) is 0.379. The summed E-state index contributed by atoms with van der Waals surface area (Å²) in [6.07, 6.45) is 4.94. The van der Waals surface area contributed by atoms with Crippen LogP contribution in [0, 0.1) is 30.6 Å². The molecule has 9 rings (SSSR count). The van der Waals surface area contributed by atoms with Crippen molar-refractivity contribution in [1.29, 1.82) is 0 Å². The van der Waals surface area contributed by atoms with Crippen molar-refractivity contribution in [2.24, 2.45) is 16.7 Å². The number of anilines is 1. The van der Waals surface area contributed by atoms with E-state index in [1.165, 1.54) is 12.1 Å². The van der Waals surface area contributed by atoms with Crippen molar-refractivity contribution in [3.8, 4) is 34.5 Å². The van der Waals surface area contributed by atoms with Crippen LogP contribution >= 0.6 is 0 Å². The first-order chi connectivity index (χ1) is 33.1. The molecule has 1 amide bonds. The highest BCUT2D eigenvalue weighted by atomic mass is 16.6. The number of nitrogens with one attached hydrogen (secondary N) is 1. The van der Waals surface area contributed by atoms with Gasteiger partial charge in [0.2, 0.25) is 0 Å². The Morgan fingerprint density at radius 2 is 1.40 bits per heavy atom. The summed E-state index contributed by atoms with van der Waals surface area (Å²) in [5.74, 6) is 0.630. The van der Waals surface area contributed by atoms with Crippen molar-refractivity contribution in [1.82, 2.24) is 5.32 Å². The first-order valence-corrected chi connectivity index (χ1v) is 24.3. The Balaban J connectivity index is 0.881. The van der Waals surface area contributed by atoms with Gasteiger partial charge in [-0.1, -0.05) is 47.6 Å². The Bertz CT molecular complexity index is 3070. The van der Waals surface area contributed by atoms with E-state index in [0.29, 0.717) is 92.8 Å². The number of hydrogen-bond acceptors (Lipinski definition) is 11. The molecule has 6 aromatic rings. The van der Waals surface area contributed by atoms with E-state index >= 15 is 0 Å². The van der Waals surface area contributed by atoms with E-state index in [2.05, 4.69) is 51.8 Å². The van der Waals surface area contributed by atoms with Crippen molar-refractivity contribution in [3.05, 3.63) is 146 Å². The van der Waals surface area contributed by atoms with Crippen molar-refractivity contribution >= 4 is 34.3 Å². The number of phenolic OH excluding ortho intramolecular Hbond substituents is 2. The van der Waals surface area contributed by atoms with E-state index < -0.39 is 23.1 Å². The molecule has 1 fully saturated rings. The summed E-state index contributed by atoms with van der Waals surface area (Å²) in [6.45, 7) is 18.7. The third-order valence-electron chi connectivity index (χ3n) is 14.0. The van der Waals surface area contributed by atoms with Gasteiger partial charge in [-0.15, -0.1) is 0 Å². The first-order valence-electron chi connectivity index (χ1n) is 24.3. The predicted octanol–water partition coefficient (Wildman–Crippen LogP) is 12.4. The molecule has 3 N–H and O–H groups in total. The van der Waals surface area contributed by atoms with Gasteiger partial charge in [-0.2, -0.15) is 0 Å². The molecule has 12 nitrogen and oxygen atoms in total. The fourth-order valence-electron chi connectivity index (χ4n) is 9.96. The number of fused-ring (bicyclic) bond motifs is 7. The lowest BCUT2D eigenvalue weighted by Gasteiger charge is -2.36. The minimum Gasteiger partial charge on any atom is -0.508 e. The van der Waals surface area contributed by atoms with Crippen LogP contribution in [0.2, 0.25) is 0 Å². The second-order valence-corrected chi connectivity index (χ2v) is 21.9. The molecule has 2 aliphatic heterocycles. The van der Waals surface area contributed by atoms with Gasteiger partial charge in [0.25, 0.3) is 5.91 Å². The molecular weight excluding hydrogens is 885 g/mol. The zero-order valence-corrected chi connectivity index (χ0v) is 41.3. The molecule has 0 radical (unpaired) electrons. The van der Waals surface area contributed by atoms with Gasteiger partial charge in [0, 0.05) is 77.1 Å². The zero-order valence-electron chi connectivity index (χ0n) is 41.3. The van der Waals surface area contributed by atoms with Gasteiger partial charge in [0.15, 0.2) is 11.4 Å². The van der Waals surface area contributed by atoms with E-state index in [0.717, 1.165) is 31.6 Å². The maximum absolute atomic E-state index is 14.1. The normalized spacial score (nSPS) is 18.4. The van der Waals surface area contributed by atoms with Gasteiger partial charge >= 0.3 is 11.6 Å². The second kappa shape index (κ2) is 18.3. The van der Waals surface area contributed by atoms with Crippen molar-refractivity contribution < 1.29 is 43.2 Å². The van der Waals surface area contributed by atoms with Crippen LogP contribution in [0.5, 0.6) is 34.5 Å². The molecule has 1 saturated carbocycles. The predicted molar refractivity (Wildman–Crippen MR) is 269 cm³/mol. The molecule has 1 aromatic heterocycles. The zero-order chi connectivity index (χ0) is 49.9. The highest BCUT2D eigenvalue weighted by Crippen LogP contribution is 2.57. The third kappa shape index (κ3) is 9.73. The lowest BCUT2D eigenvalue weighted by atomic mass is 9.76. The van der Waals surface area contributed by atoms with Gasteiger partial charge in [-0.05, 0) is 147 Å². The molecule has 70 heavy (non-hydrogen) atoms. The number of aromatic hydroxyl groups is 2. The van der Waals surface area contributed by atoms with Crippen molar-refractivity contribution in [2.75, 3.05) is 18.0 Å². The Morgan fingerprint density at radius 1 is 0.743 bits per heavy atom. The summed E-state index contributed by atoms with van der Waals surface area (Å²) in [7, 11) is 0. The average Bonchev–Trinajstić information content (AvgIpc) is 3.58. The number of ketones is 1. The smallest absolute Gasteiger partial charge is 0.349 e. The van der Waals surface area contributed by atoms with Crippen molar-refractivity contribution in [2.45, 2.75) is 112 Å². The molecule has 364 valence electrons. The highest BCUT2D eigenvalue weighted by Gasteiger charge is 2.54. The highest BCUT2D eigenvalue weighted by molar-refractivity contribution is 6.01. The average molecular weight is 947 g/mol. The number of Topliss-reactive ketones (excluding diaryl/α,β-unsaturated/α-hetero) is 1. The maximum atomic E-state index is 14.1. The molecule has 1 spiro atoms. The summed E-state index contributed by atoms with van der Waals surface area (Å²) >= 11 is 0. The SMILES string of the molecule is Cc1cc(Oc2ccc3c(c2)Oc2cc(O)ccc2C32OC(=O)c3ccc(C(=O)CC4CCC(NC(=O)c5cc6ccc(N(CCC(C)(C)C)CCC(C)(C)C)cc6oc5=O)CC4)cc32)cc(C)c1O. The second-order valence-electron chi connectivity index (χ2n) is 21.9. The minimum absolute atomic E-state index is 0.0358. The van der Waals surface area contributed by atoms with Gasteiger partial charge in [0.1, 0.15) is 45.6 Å². The molecule has 0 saturated heterocycles. The molecule has 1 atom stereocenters. The number of ether oxygens (including phenoxy) is 3. The fourth-order valence-corrected chi connectivity index (χ4v) is 9.96. The molecule has 12 heteroatoms. The summed E-state index contributed by atoms with van der Waals surface area (Å²) < 4.78 is 24.7. The molecule has 0 bridgehead atoms. The Labute approximate surface area is 408 Å². The number of esters is 1. The first kappa shape index (κ1) is 48.0. The monoisotopic (exact) mass is 946 g/mol. The number of nitrogens with zero attached hydrogens (tertiary/aromatic N) is 1. The third-order valence-corrected chi connectivity index (χ3v) is 14.0. The van der Waals surface area contributed by atoms with E-state index in [4.69, 9.17) is 18.6 Å². The van der Waals surface area contributed by atoms with Crippen LogP contribution in [0.15, 0.2) is 100 Å². The largest absolute Gasteiger partial charge is 0.508 e. The van der Waals surface area contributed by atoms with Crippen LogP contribution in [0.4, 0.5) is 5.69 Å². The van der Waals surface area contributed by atoms with Crippen LogP contribution in [-0.2, 0) is 10.3 Å². The lowest BCUT2D eigenvalue weighted by molar-refractivity contribution is 0.0224. The molecule has 1 aliphatic carbocycles. The molecule has 1 unspecified atom stereocenters. The quantitative estimate of drug-likeness (QED) is 0.0607. The summed E-state index contributed by atoms with van der Waals surface area (Å²) in [5, 5.41) is 24.6. The Morgan fingerprint density at radius 3 is 2.07 bits per heavy atom. The topological polar surface area (TPSA) is 165 Å².